The lowest BCUT2D eigenvalue weighted by Crippen LogP contribution is -2.37. The zero-order valence-corrected chi connectivity index (χ0v) is 16.3. The number of nitrogens with zero attached hydrogens (tertiary/aromatic N) is 6. The number of aromatic nitrogens is 5. The number of ether oxygens (including phenoxy) is 2. The van der Waals surface area contributed by atoms with Crippen LogP contribution >= 0.6 is 0 Å². The van der Waals surface area contributed by atoms with E-state index in [-0.39, 0.29) is 6.10 Å². The van der Waals surface area contributed by atoms with Crippen molar-refractivity contribution in [2.45, 2.75) is 37.8 Å². The van der Waals surface area contributed by atoms with Crippen molar-refractivity contribution in [3.8, 4) is 6.01 Å². The molecule has 0 bridgehead atoms. The second-order valence-electron chi connectivity index (χ2n) is 7.46. The van der Waals surface area contributed by atoms with Crippen LogP contribution in [0.5, 0.6) is 6.01 Å². The van der Waals surface area contributed by atoms with Gasteiger partial charge in [0.15, 0.2) is 0 Å². The molecule has 2 fully saturated rings. The summed E-state index contributed by atoms with van der Waals surface area (Å²) in [4.78, 5) is 20.0. The molecule has 152 valence electrons. The van der Waals surface area contributed by atoms with E-state index in [1.54, 1.807) is 18.6 Å². The average molecular weight is 395 g/mol. The zero-order valence-electron chi connectivity index (χ0n) is 16.3. The monoisotopic (exact) mass is 395 g/mol. The molecular formula is C20H25N7O2. The Balaban J connectivity index is 1.26. The summed E-state index contributed by atoms with van der Waals surface area (Å²) in [6.07, 6.45) is 11.3. The van der Waals surface area contributed by atoms with Crippen LogP contribution in [0, 0.1) is 0 Å². The number of anilines is 2. The molecule has 1 aliphatic heterocycles. The number of nitrogens with one attached hydrogen (secondary N) is 1. The fraction of sp³-hybridized carbons (Fsp3) is 0.500. The number of rotatable bonds is 5. The topological polar surface area (TPSA) is 89.7 Å². The summed E-state index contributed by atoms with van der Waals surface area (Å²) >= 11 is 0. The van der Waals surface area contributed by atoms with Crippen molar-refractivity contribution in [2.75, 3.05) is 36.5 Å². The fourth-order valence-corrected chi connectivity index (χ4v) is 3.95. The minimum atomic E-state index is 0.141. The van der Waals surface area contributed by atoms with Crippen molar-refractivity contribution in [2.24, 2.45) is 0 Å². The lowest BCUT2D eigenvalue weighted by molar-refractivity contribution is 0.121. The van der Waals surface area contributed by atoms with Crippen LogP contribution in [-0.4, -0.2) is 62.8 Å². The van der Waals surface area contributed by atoms with Crippen molar-refractivity contribution in [3.05, 3.63) is 36.9 Å². The van der Waals surface area contributed by atoms with Crippen LogP contribution in [0.3, 0.4) is 0 Å². The first-order chi connectivity index (χ1) is 14.3. The fourth-order valence-electron chi connectivity index (χ4n) is 3.95. The second kappa shape index (κ2) is 8.20. The summed E-state index contributed by atoms with van der Waals surface area (Å²) in [6, 6.07) is 4.83. The third-order valence-electron chi connectivity index (χ3n) is 5.52. The summed E-state index contributed by atoms with van der Waals surface area (Å²) in [5, 5.41) is 3.42. The van der Waals surface area contributed by atoms with Gasteiger partial charge in [0.1, 0.15) is 17.6 Å². The van der Waals surface area contributed by atoms with E-state index in [1.807, 2.05) is 22.7 Å². The molecule has 5 rings (SSSR count). The molecule has 1 saturated carbocycles. The molecule has 1 aliphatic carbocycles. The lowest BCUT2D eigenvalue weighted by atomic mass is 9.93. The summed E-state index contributed by atoms with van der Waals surface area (Å²) < 4.78 is 13.7. The third kappa shape index (κ3) is 4.09. The van der Waals surface area contributed by atoms with Crippen LogP contribution in [0.1, 0.15) is 25.7 Å². The predicted octanol–water partition coefficient (Wildman–Crippen LogP) is 2.16. The standard InChI is InChI=1S/C20H25N7O2/c1-6-22-19(23-7-1)24-15-2-4-16(5-3-15)29-20-25-18(26-10-12-28-13-11-26)14-17-21-8-9-27(17)20/h1,6-9,14-16H,2-5,10-13H2,(H,22,23,24). The maximum absolute atomic E-state index is 6.35. The Kier molecular flexibility index (Phi) is 5.12. The summed E-state index contributed by atoms with van der Waals surface area (Å²) in [5.41, 5.74) is 0.855. The number of morpholine rings is 1. The molecule has 4 heterocycles. The van der Waals surface area contributed by atoms with Gasteiger partial charge in [0, 0.05) is 50.0 Å². The highest BCUT2D eigenvalue weighted by atomic mass is 16.5. The van der Waals surface area contributed by atoms with E-state index in [9.17, 15) is 0 Å². The highest BCUT2D eigenvalue weighted by Crippen LogP contribution is 2.27. The van der Waals surface area contributed by atoms with Gasteiger partial charge in [0.05, 0.1) is 13.2 Å². The molecule has 0 aromatic carbocycles. The minimum Gasteiger partial charge on any atom is -0.461 e. The number of hydrogen-bond acceptors (Lipinski definition) is 8. The number of hydrogen-bond donors (Lipinski definition) is 1. The van der Waals surface area contributed by atoms with E-state index in [1.165, 1.54) is 0 Å². The molecule has 0 unspecified atom stereocenters. The van der Waals surface area contributed by atoms with E-state index in [2.05, 4.69) is 25.2 Å². The molecular weight excluding hydrogens is 370 g/mol. The van der Waals surface area contributed by atoms with Gasteiger partial charge in [-0.2, -0.15) is 4.98 Å². The molecule has 1 N–H and O–H groups in total. The summed E-state index contributed by atoms with van der Waals surface area (Å²) in [7, 11) is 0. The van der Waals surface area contributed by atoms with E-state index in [0.717, 1.165) is 63.5 Å². The van der Waals surface area contributed by atoms with E-state index in [0.29, 0.717) is 18.0 Å². The smallest absolute Gasteiger partial charge is 0.304 e. The van der Waals surface area contributed by atoms with Crippen LogP contribution in [0.15, 0.2) is 36.9 Å². The van der Waals surface area contributed by atoms with Crippen LogP contribution in [-0.2, 0) is 4.74 Å². The predicted molar refractivity (Wildman–Crippen MR) is 108 cm³/mol. The van der Waals surface area contributed by atoms with Crippen LogP contribution in [0.4, 0.5) is 11.8 Å². The van der Waals surface area contributed by atoms with Crippen molar-refractivity contribution in [3.63, 3.8) is 0 Å². The molecule has 0 radical (unpaired) electrons. The molecule has 29 heavy (non-hydrogen) atoms. The normalized spacial score (nSPS) is 22.6. The van der Waals surface area contributed by atoms with Gasteiger partial charge in [-0.15, -0.1) is 0 Å². The average Bonchev–Trinajstić information content (AvgIpc) is 3.26. The highest BCUT2D eigenvalue weighted by Gasteiger charge is 2.25. The van der Waals surface area contributed by atoms with E-state index < -0.39 is 0 Å². The first kappa shape index (κ1) is 18.1. The van der Waals surface area contributed by atoms with Gasteiger partial charge in [-0.3, -0.25) is 4.40 Å². The van der Waals surface area contributed by atoms with Gasteiger partial charge in [-0.1, -0.05) is 0 Å². The van der Waals surface area contributed by atoms with Gasteiger partial charge in [-0.05, 0) is 31.7 Å². The maximum Gasteiger partial charge on any atom is 0.304 e. The molecule has 2 aliphatic rings. The molecule has 0 atom stereocenters. The number of imidazole rings is 1. The van der Waals surface area contributed by atoms with Gasteiger partial charge in [-0.25, -0.2) is 15.0 Å². The Morgan fingerprint density at radius 1 is 1.00 bits per heavy atom. The molecule has 0 spiro atoms. The minimum absolute atomic E-state index is 0.141. The maximum atomic E-state index is 6.35. The van der Waals surface area contributed by atoms with Crippen molar-refractivity contribution >= 4 is 17.4 Å². The molecule has 1 saturated heterocycles. The number of fused-ring (bicyclic) bond motifs is 1. The van der Waals surface area contributed by atoms with Gasteiger partial charge in [0.2, 0.25) is 5.95 Å². The second-order valence-corrected chi connectivity index (χ2v) is 7.46. The SMILES string of the molecule is c1cnc(NC2CCC(Oc3nc(N4CCOCC4)cc4nccn34)CC2)nc1. The molecule has 9 heteroatoms. The first-order valence-electron chi connectivity index (χ1n) is 10.2. The molecule has 0 amide bonds. The van der Waals surface area contributed by atoms with E-state index in [4.69, 9.17) is 14.5 Å². The highest BCUT2D eigenvalue weighted by molar-refractivity contribution is 5.53. The lowest BCUT2D eigenvalue weighted by Gasteiger charge is -2.30. The Morgan fingerprint density at radius 2 is 1.79 bits per heavy atom. The zero-order chi connectivity index (χ0) is 19.5. The third-order valence-corrected chi connectivity index (χ3v) is 5.52. The Bertz CT molecular complexity index is 934. The Morgan fingerprint density at radius 3 is 2.59 bits per heavy atom. The van der Waals surface area contributed by atoms with Crippen LogP contribution < -0.4 is 15.0 Å². The van der Waals surface area contributed by atoms with Crippen molar-refractivity contribution in [1.82, 2.24) is 24.3 Å². The molecule has 9 nitrogen and oxygen atoms in total. The molecule has 3 aromatic rings. The Hall–Kier alpha value is -2.94. The van der Waals surface area contributed by atoms with Crippen LogP contribution in [0.25, 0.3) is 5.65 Å². The van der Waals surface area contributed by atoms with Gasteiger partial charge >= 0.3 is 6.01 Å². The Labute approximate surface area is 169 Å². The van der Waals surface area contributed by atoms with Crippen molar-refractivity contribution in [1.29, 1.82) is 0 Å². The largest absolute Gasteiger partial charge is 0.461 e. The van der Waals surface area contributed by atoms with Crippen LogP contribution in [0.2, 0.25) is 0 Å². The summed E-state index contributed by atoms with van der Waals surface area (Å²) in [5.74, 6) is 1.59. The summed E-state index contributed by atoms with van der Waals surface area (Å²) in [6.45, 7) is 3.11. The van der Waals surface area contributed by atoms with Crippen molar-refractivity contribution < 1.29 is 9.47 Å². The molecule has 3 aromatic heterocycles. The van der Waals surface area contributed by atoms with E-state index >= 15 is 0 Å². The van der Waals surface area contributed by atoms with Gasteiger partial charge in [0.25, 0.3) is 0 Å². The first-order valence-corrected chi connectivity index (χ1v) is 10.2. The quantitative estimate of drug-likeness (QED) is 0.703. The van der Waals surface area contributed by atoms with Gasteiger partial charge < -0.3 is 19.7 Å².